The molecule has 3 aromatic rings. The average molecular weight is 294 g/mol. The highest BCUT2D eigenvalue weighted by atomic mass is 16.1. The van der Waals surface area contributed by atoms with Crippen LogP contribution in [0.15, 0.2) is 43.0 Å². The number of aromatic nitrogens is 4. The van der Waals surface area contributed by atoms with E-state index in [1.54, 1.807) is 47.9 Å². The molecule has 0 unspecified atom stereocenters. The van der Waals surface area contributed by atoms with E-state index in [4.69, 9.17) is 0 Å². The lowest BCUT2D eigenvalue weighted by Crippen LogP contribution is -2.15. The minimum absolute atomic E-state index is 0.242. The Balaban J connectivity index is 1.80. The van der Waals surface area contributed by atoms with Crippen molar-refractivity contribution in [3.63, 3.8) is 0 Å². The summed E-state index contributed by atoms with van der Waals surface area (Å²) in [6.45, 7) is 0. The van der Waals surface area contributed by atoms with Crippen LogP contribution in [0.4, 0.5) is 11.6 Å². The predicted molar refractivity (Wildman–Crippen MR) is 83.9 cm³/mol. The van der Waals surface area contributed by atoms with Gasteiger partial charge in [-0.15, -0.1) is 0 Å². The minimum atomic E-state index is -0.242. The Morgan fingerprint density at radius 1 is 1.00 bits per heavy atom. The van der Waals surface area contributed by atoms with Crippen LogP contribution in [0.1, 0.15) is 10.4 Å². The van der Waals surface area contributed by atoms with Crippen molar-refractivity contribution in [1.82, 2.24) is 19.9 Å². The molecule has 7 heteroatoms. The number of nitrogens with one attached hydrogen (secondary N) is 1. The van der Waals surface area contributed by atoms with Crippen molar-refractivity contribution in [2.24, 2.45) is 0 Å². The quantitative estimate of drug-likeness (QED) is 0.792. The number of anilines is 2. The molecule has 1 aromatic carbocycles. The van der Waals surface area contributed by atoms with Crippen LogP contribution in [0.5, 0.6) is 0 Å². The van der Waals surface area contributed by atoms with E-state index in [0.717, 1.165) is 5.52 Å². The number of hydrogen-bond acceptors (Lipinski definition) is 6. The summed E-state index contributed by atoms with van der Waals surface area (Å²) >= 11 is 0. The van der Waals surface area contributed by atoms with E-state index in [1.807, 2.05) is 14.1 Å². The second-order valence-corrected chi connectivity index (χ2v) is 4.88. The van der Waals surface area contributed by atoms with E-state index in [9.17, 15) is 4.79 Å². The molecule has 1 amide bonds. The number of nitrogens with zero attached hydrogens (tertiary/aromatic N) is 5. The molecular formula is C15H14N6O. The zero-order chi connectivity index (χ0) is 15.5. The predicted octanol–water partition coefficient (Wildman–Crippen LogP) is 1.74. The van der Waals surface area contributed by atoms with Gasteiger partial charge < -0.3 is 10.2 Å². The van der Waals surface area contributed by atoms with Crippen LogP contribution in [0, 0.1) is 0 Å². The first-order valence-corrected chi connectivity index (χ1v) is 6.65. The first-order chi connectivity index (χ1) is 10.6. The fraction of sp³-hybridized carbons (Fsp3) is 0.133. The third-order valence-electron chi connectivity index (χ3n) is 3.03. The van der Waals surface area contributed by atoms with Gasteiger partial charge >= 0.3 is 0 Å². The van der Waals surface area contributed by atoms with Crippen molar-refractivity contribution in [3.8, 4) is 0 Å². The summed E-state index contributed by atoms with van der Waals surface area (Å²) < 4.78 is 0. The van der Waals surface area contributed by atoms with Gasteiger partial charge in [0.15, 0.2) is 0 Å². The van der Waals surface area contributed by atoms with E-state index < -0.39 is 0 Å². The Hall–Kier alpha value is -3.09. The Labute approximate surface area is 127 Å². The van der Waals surface area contributed by atoms with E-state index in [0.29, 0.717) is 22.7 Å². The Kier molecular flexibility index (Phi) is 3.61. The average Bonchev–Trinajstić information content (AvgIpc) is 2.55. The molecule has 0 aliphatic carbocycles. The molecule has 0 fully saturated rings. The molecule has 0 saturated carbocycles. The zero-order valence-electron chi connectivity index (χ0n) is 12.2. The maximum Gasteiger partial charge on any atom is 0.255 e. The third-order valence-corrected chi connectivity index (χ3v) is 3.03. The zero-order valence-corrected chi connectivity index (χ0v) is 12.2. The van der Waals surface area contributed by atoms with Crippen LogP contribution in [-0.2, 0) is 0 Å². The van der Waals surface area contributed by atoms with Crippen molar-refractivity contribution in [2.45, 2.75) is 0 Å². The lowest BCUT2D eigenvalue weighted by Gasteiger charge is -2.10. The van der Waals surface area contributed by atoms with Gasteiger partial charge in [-0.05, 0) is 18.2 Å². The molecule has 3 rings (SSSR count). The van der Waals surface area contributed by atoms with Gasteiger partial charge in [-0.25, -0.2) is 9.97 Å². The van der Waals surface area contributed by atoms with Gasteiger partial charge in [-0.2, -0.15) is 0 Å². The van der Waals surface area contributed by atoms with Gasteiger partial charge in [0.1, 0.15) is 0 Å². The molecule has 7 nitrogen and oxygen atoms in total. The van der Waals surface area contributed by atoms with E-state index in [1.165, 1.54) is 0 Å². The number of hydrogen-bond donors (Lipinski definition) is 1. The van der Waals surface area contributed by atoms with Crippen molar-refractivity contribution < 1.29 is 4.79 Å². The number of amides is 1. The molecule has 0 aliphatic rings. The summed E-state index contributed by atoms with van der Waals surface area (Å²) in [7, 11) is 3.70. The van der Waals surface area contributed by atoms with Crippen LogP contribution in [0.3, 0.4) is 0 Å². The van der Waals surface area contributed by atoms with Gasteiger partial charge in [-0.3, -0.25) is 14.8 Å². The summed E-state index contributed by atoms with van der Waals surface area (Å²) in [5, 5.41) is 2.76. The smallest absolute Gasteiger partial charge is 0.255 e. The largest absolute Gasteiger partial charge is 0.347 e. The summed E-state index contributed by atoms with van der Waals surface area (Å²) in [6.07, 6.45) is 6.35. The highest BCUT2D eigenvalue weighted by Gasteiger charge is 2.08. The van der Waals surface area contributed by atoms with Crippen LogP contribution in [-0.4, -0.2) is 39.9 Å². The molecule has 0 radical (unpaired) electrons. The molecule has 2 heterocycles. The standard InChI is InChI=1S/C15H14N6O/c1-21(2)15-18-8-11(9-19-15)20-14(22)10-3-4-12-13(7-10)17-6-5-16-12/h3-9H,1-2H3,(H,20,22). The highest BCUT2D eigenvalue weighted by Crippen LogP contribution is 2.13. The molecule has 0 aliphatic heterocycles. The first kappa shape index (κ1) is 13.9. The summed E-state index contributed by atoms with van der Waals surface area (Å²) in [4.78, 5) is 30.7. The topological polar surface area (TPSA) is 83.9 Å². The minimum Gasteiger partial charge on any atom is -0.347 e. The van der Waals surface area contributed by atoms with Crippen molar-refractivity contribution >= 4 is 28.6 Å². The summed E-state index contributed by atoms with van der Waals surface area (Å²) in [6, 6.07) is 5.18. The SMILES string of the molecule is CN(C)c1ncc(NC(=O)c2ccc3nccnc3c2)cn1. The van der Waals surface area contributed by atoms with E-state index in [2.05, 4.69) is 25.3 Å². The summed E-state index contributed by atoms with van der Waals surface area (Å²) in [5.41, 5.74) is 2.46. The van der Waals surface area contributed by atoms with Gasteiger partial charge in [0, 0.05) is 32.1 Å². The fourth-order valence-corrected chi connectivity index (χ4v) is 1.92. The second-order valence-electron chi connectivity index (χ2n) is 4.88. The Morgan fingerprint density at radius 2 is 1.68 bits per heavy atom. The van der Waals surface area contributed by atoms with Crippen LogP contribution in [0.2, 0.25) is 0 Å². The number of carbonyl (C=O) groups is 1. The van der Waals surface area contributed by atoms with E-state index in [-0.39, 0.29) is 5.91 Å². The number of fused-ring (bicyclic) bond motifs is 1. The monoisotopic (exact) mass is 294 g/mol. The second kappa shape index (κ2) is 5.72. The van der Waals surface area contributed by atoms with E-state index >= 15 is 0 Å². The fourth-order valence-electron chi connectivity index (χ4n) is 1.92. The molecular weight excluding hydrogens is 280 g/mol. The number of rotatable bonds is 3. The van der Waals surface area contributed by atoms with Gasteiger partial charge in [0.2, 0.25) is 5.95 Å². The maximum atomic E-state index is 12.3. The molecule has 0 saturated heterocycles. The van der Waals surface area contributed by atoms with Crippen molar-refractivity contribution in [1.29, 1.82) is 0 Å². The van der Waals surface area contributed by atoms with Crippen LogP contribution >= 0.6 is 0 Å². The van der Waals surface area contributed by atoms with Gasteiger partial charge in [-0.1, -0.05) is 0 Å². The van der Waals surface area contributed by atoms with Crippen molar-refractivity contribution in [3.05, 3.63) is 48.5 Å². The molecule has 0 spiro atoms. The molecule has 1 N–H and O–H groups in total. The van der Waals surface area contributed by atoms with Crippen molar-refractivity contribution in [2.75, 3.05) is 24.3 Å². The molecule has 22 heavy (non-hydrogen) atoms. The first-order valence-electron chi connectivity index (χ1n) is 6.65. The number of benzene rings is 1. The molecule has 0 bridgehead atoms. The van der Waals surface area contributed by atoms with Gasteiger partial charge in [0.05, 0.1) is 29.1 Å². The summed E-state index contributed by atoms with van der Waals surface area (Å²) in [5.74, 6) is 0.340. The molecule has 2 aromatic heterocycles. The van der Waals surface area contributed by atoms with Crippen LogP contribution < -0.4 is 10.2 Å². The lowest BCUT2D eigenvalue weighted by molar-refractivity contribution is 0.102. The molecule has 110 valence electrons. The maximum absolute atomic E-state index is 12.3. The van der Waals surface area contributed by atoms with Gasteiger partial charge in [0.25, 0.3) is 5.91 Å². The lowest BCUT2D eigenvalue weighted by atomic mass is 10.2. The third kappa shape index (κ3) is 2.83. The van der Waals surface area contributed by atoms with Crippen LogP contribution in [0.25, 0.3) is 11.0 Å². The Bertz CT molecular complexity index is 816. The molecule has 0 atom stereocenters. The number of carbonyl (C=O) groups excluding carboxylic acids is 1. The highest BCUT2D eigenvalue weighted by molar-refractivity contribution is 6.05. The normalized spacial score (nSPS) is 10.5. The Morgan fingerprint density at radius 3 is 2.36 bits per heavy atom.